The van der Waals surface area contributed by atoms with Gasteiger partial charge in [0.1, 0.15) is 12.2 Å². The van der Waals surface area contributed by atoms with Crippen molar-refractivity contribution in [2.45, 2.75) is 59.3 Å². The minimum absolute atomic E-state index is 0.124. The van der Waals surface area contributed by atoms with E-state index in [1.807, 2.05) is 44.2 Å². The lowest BCUT2D eigenvalue weighted by Crippen LogP contribution is -2.47. The summed E-state index contributed by atoms with van der Waals surface area (Å²) in [6.45, 7) is 9.73. The monoisotopic (exact) mass is 444 g/mol. The van der Waals surface area contributed by atoms with Gasteiger partial charge in [0.2, 0.25) is 16.9 Å². The molecule has 1 aromatic carbocycles. The van der Waals surface area contributed by atoms with Crippen molar-refractivity contribution in [1.29, 1.82) is 0 Å². The average molecular weight is 445 g/mol. The Hall–Kier alpha value is -3.29. The molecule has 0 aliphatic rings. The fourth-order valence-electron chi connectivity index (χ4n) is 3.11. The number of nitrogens with zero attached hydrogens (tertiary/aromatic N) is 1. The molecular weight excluding hydrogens is 412 g/mol. The van der Waals surface area contributed by atoms with Crippen LogP contribution in [-0.4, -0.2) is 41.6 Å². The van der Waals surface area contributed by atoms with E-state index < -0.39 is 23.0 Å². The van der Waals surface area contributed by atoms with Crippen molar-refractivity contribution < 1.29 is 23.5 Å². The van der Waals surface area contributed by atoms with Crippen molar-refractivity contribution in [2.75, 3.05) is 13.1 Å². The molecule has 1 aromatic heterocycles. The van der Waals surface area contributed by atoms with Crippen LogP contribution < -0.4 is 15.5 Å². The molecule has 0 spiro atoms. The number of carbonyl (C=O) groups is 2. The lowest BCUT2D eigenvalue weighted by Gasteiger charge is -2.30. The third-order valence-corrected chi connectivity index (χ3v) is 4.65. The Morgan fingerprint density at radius 1 is 1.12 bits per heavy atom. The molecule has 8 nitrogen and oxygen atoms in total. The number of alkyl carbamates (subject to hydrolysis) is 1. The highest BCUT2D eigenvalue weighted by Gasteiger charge is 2.29. The van der Waals surface area contributed by atoms with E-state index in [9.17, 15) is 14.4 Å². The minimum Gasteiger partial charge on any atom is -0.481 e. The van der Waals surface area contributed by atoms with Crippen molar-refractivity contribution in [3.63, 3.8) is 0 Å². The van der Waals surface area contributed by atoms with Crippen LogP contribution in [0.15, 0.2) is 51.9 Å². The van der Waals surface area contributed by atoms with E-state index >= 15 is 0 Å². The second kappa shape index (κ2) is 11.4. The molecule has 2 rings (SSSR count). The van der Waals surface area contributed by atoms with Crippen LogP contribution in [0.25, 0.3) is 0 Å². The van der Waals surface area contributed by atoms with E-state index in [0.29, 0.717) is 13.0 Å². The summed E-state index contributed by atoms with van der Waals surface area (Å²) < 4.78 is 16.4. The quantitative estimate of drug-likeness (QED) is 0.628. The molecule has 2 amide bonds. The van der Waals surface area contributed by atoms with Gasteiger partial charge in [-0.25, -0.2) is 4.79 Å². The highest BCUT2D eigenvalue weighted by Crippen LogP contribution is 2.19. The van der Waals surface area contributed by atoms with Crippen molar-refractivity contribution in [1.82, 2.24) is 10.2 Å². The zero-order valence-electron chi connectivity index (χ0n) is 19.3. The highest BCUT2D eigenvalue weighted by molar-refractivity contribution is 5.94. The fraction of sp³-hybridized carbons (Fsp3) is 0.458. The first-order valence-corrected chi connectivity index (χ1v) is 10.7. The summed E-state index contributed by atoms with van der Waals surface area (Å²) in [6.07, 6.45) is 1.20. The van der Waals surface area contributed by atoms with Crippen LogP contribution >= 0.6 is 0 Å². The van der Waals surface area contributed by atoms with Gasteiger partial charge in [-0.1, -0.05) is 37.3 Å². The van der Waals surface area contributed by atoms with Crippen molar-refractivity contribution in [3.05, 3.63) is 64.2 Å². The summed E-state index contributed by atoms with van der Waals surface area (Å²) in [4.78, 5) is 39.3. The molecule has 0 saturated carbocycles. The van der Waals surface area contributed by atoms with Gasteiger partial charge < -0.3 is 24.1 Å². The summed E-state index contributed by atoms with van der Waals surface area (Å²) >= 11 is 0. The van der Waals surface area contributed by atoms with E-state index in [4.69, 9.17) is 13.9 Å². The summed E-state index contributed by atoms with van der Waals surface area (Å²) in [6, 6.07) is 10.2. The van der Waals surface area contributed by atoms with Crippen molar-refractivity contribution >= 4 is 12.0 Å². The first-order chi connectivity index (χ1) is 15.2. The maximum Gasteiger partial charge on any atom is 0.407 e. The van der Waals surface area contributed by atoms with Crippen LogP contribution in [0, 0.1) is 0 Å². The lowest BCUT2D eigenvalue weighted by atomic mass is 10.1. The van der Waals surface area contributed by atoms with E-state index in [-0.39, 0.29) is 30.7 Å². The van der Waals surface area contributed by atoms with Gasteiger partial charge in [-0.05, 0) is 39.7 Å². The van der Waals surface area contributed by atoms with Gasteiger partial charge in [-0.15, -0.1) is 0 Å². The molecule has 1 unspecified atom stereocenters. The number of nitrogens with one attached hydrogen (secondary N) is 1. The zero-order chi connectivity index (χ0) is 23.7. The maximum absolute atomic E-state index is 13.3. The van der Waals surface area contributed by atoms with Crippen LogP contribution in [0.3, 0.4) is 0 Å². The van der Waals surface area contributed by atoms with E-state index in [1.54, 1.807) is 25.7 Å². The molecule has 0 radical (unpaired) electrons. The van der Waals surface area contributed by atoms with E-state index in [2.05, 4.69) is 5.32 Å². The summed E-state index contributed by atoms with van der Waals surface area (Å²) in [5.74, 6) is -0.771. The molecule has 2 aromatic rings. The molecule has 0 saturated heterocycles. The molecule has 0 aliphatic carbocycles. The van der Waals surface area contributed by atoms with Gasteiger partial charge in [-0.2, -0.15) is 0 Å². The summed E-state index contributed by atoms with van der Waals surface area (Å²) in [5, 5.41) is 2.71. The predicted molar refractivity (Wildman–Crippen MR) is 121 cm³/mol. The number of amides is 2. The van der Waals surface area contributed by atoms with Crippen molar-refractivity contribution in [2.24, 2.45) is 0 Å². The molecule has 8 heteroatoms. The molecule has 1 heterocycles. The molecular formula is C24H32N2O6. The fourth-order valence-corrected chi connectivity index (χ4v) is 3.11. The number of ether oxygens (including phenoxy) is 2. The van der Waals surface area contributed by atoms with Crippen LogP contribution in [-0.2, 0) is 11.3 Å². The SMILES string of the molecule is CCC(CNC(=O)OC(C)(C)C)N(CC)C(=O)c1occc(=O)c1OCc1ccccc1. The highest BCUT2D eigenvalue weighted by atomic mass is 16.6. The van der Waals surface area contributed by atoms with Gasteiger partial charge in [-0.3, -0.25) is 9.59 Å². The van der Waals surface area contributed by atoms with Gasteiger partial charge >= 0.3 is 6.09 Å². The molecule has 0 bridgehead atoms. The van der Waals surface area contributed by atoms with Gasteiger partial charge in [0, 0.05) is 25.2 Å². The Bertz CT molecular complexity index is 949. The molecule has 0 aliphatic heterocycles. The summed E-state index contributed by atoms with van der Waals surface area (Å²) in [5.41, 5.74) is -0.203. The number of hydrogen-bond acceptors (Lipinski definition) is 6. The second-order valence-corrected chi connectivity index (χ2v) is 8.25. The van der Waals surface area contributed by atoms with Gasteiger partial charge in [0.15, 0.2) is 0 Å². The molecule has 1 atom stereocenters. The van der Waals surface area contributed by atoms with Gasteiger partial charge in [0.05, 0.1) is 6.26 Å². The maximum atomic E-state index is 13.3. The Balaban J connectivity index is 2.18. The van der Waals surface area contributed by atoms with E-state index in [1.165, 1.54) is 12.3 Å². The molecule has 1 N–H and O–H groups in total. The molecule has 0 fully saturated rings. The van der Waals surface area contributed by atoms with Gasteiger partial charge in [0.25, 0.3) is 5.91 Å². The Morgan fingerprint density at radius 2 is 1.81 bits per heavy atom. The number of benzene rings is 1. The number of carbonyl (C=O) groups excluding carboxylic acids is 2. The molecule has 174 valence electrons. The molecule has 32 heavy (non-hydrogen) atoms. The van der Waals surface area contributed by atoms with Crippen LogP contribution in [0.1, 0.15) is 57.2 Å². The average Bonchev–Trinajstić information content (AvgIpc) is 2.74. The number of hydrogen-bond donors (Lipinski definition) is 1. The third kappa shape index (κ3) is 7.14. The van der Waals surface area contributed by atoms with Crippen molar-refractivity contribution in [3.8, 4) is 5.75 Å². The topological polar surface area (TPSA) is 98.1 Å². The van der Waals surface area contributed by atoms with Crippen LogP contribution in [0.2, 0.25) is 0 Å². The summed E-state index contributed by atoms with van der Waals surface area (Å²) in [7, 11) is 0. The number of likely N-dealkylation sites (N-methyl/N-ethyl adjacent to an activating group) is 1. The first-order valence-electron chi connectivity index (χ1n) is 10.7. The zero-order valence-corrected chi connectivity index (χ0v) is 19.3. The van der Waals surface area contributed by atoms with Crippen LogP contribution in [0.4, 0.5) is 4.79 Å². The first kappa shape index (κ1) is 25.0. The third-order valence-electron chi connectivity index (χ3n) is 4.65. The minimum atomic E-state index is -0.621. The lowest BCUT2D eigenvalue weighted by molar-refractivity contribution is 0.0480. The predicted octanol–water partition coefficient (Wildman–Crippen LogP) is 3.98. The smallest absolute Gasteiger partial charge is 0.407 e. The standard InChI is InChI=1S/C24H32N2O6/c1-6-18(15-25-23(29)32-24(3,4)5)26(7-2)22(28)21-20(19(27)13-14-30-21)31-16-17-11-9-8-10-12-17/h8-14,18H,6-7,15-16H2,1-5H3,(H,25,29). The largest absolute Gasteiger partial charge is 0.481 e. The Morgan fingerprint density at radius 3 is 2.41 bits per heavy atom. The Kier molecular flexibility index (Phi) is 8.87. The number of rotatable bonds is 9. The normalized spacial score (nSPS) is 12.0. The Labute approximate surface area is 188 Å². The van der Waals surface area contributed by atoms with Crippen LogP contribution in [0.5, 0.6) is 5.75 Å². The second-order valence-electron chi connectivity index (χ2n) is 8.25. The van der Waals surface area contributed by atoms with E-state index in [0.717, 1.165) is 5.56 Å².